The van der Waals surface area contributed by atoms with Crippen LogP contribution < -0.4 is 5.32 Å². The van der Waals surface area contributed by atoms with E-state index in [0.29, 0.717) is 17.9 Å². The number of hydrogen-bond donors (Lipinski definition) is 2. The van der Waals surface area contributed by atoms with Gasteiger partial charge in [-0.1, -0.05) is 23.8 Å². The first kappa shape index (κ1) is 16.4. The zero-order chi connectivity index (χ0) is 17.1. The van der Waals surface area contributed by atoms with Crippen molar-refractivity contribution in [3.05, 3.63) is 58.5 Å². The number of benzene rings is 1. The Hall–Kier alpha value is -2.44. The summed E-state index contributed by atoms with van der Waals surface area (Å²) in [5.41, 5.74) is 3.39. The van der Waals surface area contributed by atoms with Gasteiger partial charge < -0.3 is 10.4 Å². The van der Waals surface area contributed by atoms with Crippen LogP contribution >= 0.6 is 11.3 Å². The Morgan fingerprint density at radius 2 is 2.12 bits per heavy atom. The first-order valence-corrected chi connectivity index (χ1v) is 8.57. The van der Waals surface area contributed by atoms with Crippen LogP contribution in [0.4, 0.5) is 5.82 Å². The van der Waals surface area contributed by atoms with Gasteiger partial charge in [0.15, 0.2) is 0 Å². The number of anilines is 1. The summed E-state index contributed by atoms with van der Waals surface area (Å²) in [4.78, 5) is 13.6. The molecule has 0 aliphatic carbocycles. The van der Waals surface area contributed by atoms with Gasteiger partial charge in [-0.15, -0.1) is 11.3 Å². The quantitative estimate of drug-likeness (QED) is 0.747. The average Bonchev–Trinajstić information content (AvgIpc) is 3.20. The highest BCUT2D eigenvalue weighted by molar-refractivity contribution is 7.13. The minimum absolute atomic E-state index is 0.0437. The van der Waals surface area contributed by atoms with E-state index in [-0.39, 0.29) is 12.5 Å². The summed E-state index contributed by atoms with van der Waals surface area (Å²) in [7, 11) is 0. The molecule has 2 heterocycles. The molecule has 2 aromatic heterocycles. The van der Waals surface area contributed by atoms with Crippen molar-refractivity contribution in [1.82, 2.24) is 9.78 Å². The predicted molar refractivity (Wildman–Crippen MR) is 96.5 cm³/mol. The van der Waals surface area contributed by atoms with E-state index in [1.165, 1.54) is 0 Å². The minimum atomic E-state index is -0.173. The van der Waals surface area contributed by atoms with Crippen molar-refractivity contribution in [2.24, 2.45) is 0 Å². The van der Waals surface area contributed by atoms with Crippen molar-refractivity contribution in [3.63, 3.8) is 0 Å². The Morgan fingerprint density at radius 1 is 1.29 bits per heavy atom. The van der Waals surface area contributed by atoms with E-state index in [1.54, 1.807) is 16.0 Å². The van der Waals surface area contributed by atoms with E-state index in [2.05, 4.69) is 10.4 Å². The number of aromatic nitrogens is 2. The molecule has 0 fully saturated rings. The molecule has 0 radical (unpaired) electrons. The van der Waals surface area contributed by atoms with Crippen molar-refractivity contribution in [3.8, 4) is 10.6 Å². The number of amides is 1. The van der Waals surface area contributed by atoms with E-state index in [9.17, 15) is 9.90 Å². The molecule has 0 saturated carbocycles. The maximum Gasteiger partial charge on any atom is 0.257 e. The van der Waals surface area contributed by atoms with Gasteiger partial charge in [0.2, 0.25) is 0 Å². The van der Waals surface area contributed by atoms with Crippen molar-refractivity contribution >= 4 is 23.1 Å². The number of aliphatic hydroxyl groups excluding tert-OH is 1. The molecular weight excluding hydrogens is 322 g/mol. The summed E-state index contributed by atoms with van der Waals surface area (Å²) in [6.07, 6.45) is 0. The molecule has 0 atom stereocenters. The molecule has 6 heteroatoms. The summed E-state index contributed by atoms with van der Waals surface area (Å²) < 4.78 is 1.62. The number of rotatable bonds is 5. The number of aryl methyl sites for hydroxylation is 2. The van der Waals surface area contributed by atoms with Crippen LogP contribution in [0.2, 0.25) is 0 Å². The summed E-state index contributed by atoms with van der Waals surface area (Å²) in [5.74, 6) is 0.409. The molecule has 0 spiro atoms. The maximum atomic E-state index is 12.6. The van der Waals surface area contributed by atoms with Crippen LogP contribution in [0.25, 0.3) is 10.6 Å². The third-order valence-corrected chi connectivity index (χ3v) is 4.64. The second-order valence-corrected chi connectivity index (χ2v) is 6.56. The zero-order valence-corrected chi connectivity index (χ0v) is 14.4. The van der Waals surface area contributed by atoms with Crippen LogP contribution in [-0.4, -0.2) is 27.4 Å². The molecule has 1 amide bonds. The van der Waals surface area contributed by atoms with Crippen LogP contribution in [0.15, 0.2) is 41.8 Å². The third kappa shape index (κ3) is 3.39. The van der Waals surface area contributed by atoms with Crippen LogP contribution in [0.5, 0.6) is 0 Å². The molecule has 3 rings (SSSR count). The van der Waals surface area contributed by atoms with Crippen molar-refractivity contribution in [2.75, 3.05) is 11.9 Å². The second-order valence-electron chi connectivity index (χ2n) is 5.61. The van der Waals surface area contributed by atoms with Gasteiger partial charge in [-0.05, 0) is 36.9 Å². The standard InChI is InChI=1S/C18H19N3O2S/c1-12-5-6-13(2)14(10-12)18(23)19-17-11-15(16-4-3-9-24-16)20-21(17)7-8-22/h3-6,9-11,22H,7-8H2,1-2H3,(H,19,23). The molecule has 0 aliphatic rings. The van der Waals surface area contributed by atoms with Crippen molar-refractivity contribution in [2.45, 2.75) is 20.4 Å². The zero-order valence-electron chi connectivity index (χ0n) is 13.6. The number of nitrogens with zero attached hydrogens (tertiary/aromatic N) is 2. The fourth-order valence-corrected chi connectivity index (χ4v) is 3.17. The second kappa shape index (κ2) is 6.98. The van der Waals surface area contributed by atoms with E-state index in [4.69, 9.17) is 0 Å². The lowest BCUT2D eigenvalue weighted by atomic mass is 10.1. The normalized spacial score (nSPS) is 10.8. The van der Waals surface area contributed by atoms with E-state index < -0.39 is 0 Å². The largest absolute Gasteiger partial charge is 0.394 e. The van der Waals surface area contributed by atoms with Gasteiger partial charge in [-0.2, -0.15) is 5.10 Å². The van der Waals surface area contributed by atoms with Gasteiger partial charge in [0.25, 0.3) is 5.91 Å². The molecule has 5 nitrogen and oxygen atoms in total. The first-order chi connectivity index (χ1) is 11.6. The van der Waals surface area contributed by atoms with E-state index >= 15 is 0 Å². The highest BCUT2D eigenvalue weighted by Gasteiger charge is 2.15. The highest BCUT2D eigenvalue weighted by Crippen LogP contribution is 2.26. The van der Waals surface area contributed by atoms with Crippen molar-refractivity contribution in [1.29, 1.82) is 0 Å². The van der Waals surface area contributed by atoms with Crippen molar-refractivity contribution < 1.29 is 9.90 Å². The lowest BCUT2D eigenvalue weighted by Gasteiger charge is -2.10. The lowest BCUT2D eigenvalue weighted by molar-refractivity contribution is 0.102. The predicted octanol–water partition coefficient (Wildman–Crippen LogP) is 3.47. The highest BCUT2D eigenvalue weighted by atomic mass is 32.1. The van der Waals surface area contributed by atoms with Gasteiger partial charge in [-0.3, -0.25) is 4.79 Å². The molecular formula is C18H19N3O2S. The number of thiophene rings is 1. The molecule has 24 heavy (non-hydrogen) atoms. The van der Waals surface area contributed by atoms with Crippen LogP contribution in [0.3, 0.4) is 0 Å². The van der Waals surface area contributed by atoms with E-state index in [0.717, 1.165) is 21.7 Å². The van der Waals surface area contributed by atoms with Gasteiger partial charge in [0.05, 0.1) is 18.0 Å². The Bertz CT molecular complexity index is 853. The molecule has 2 N–H and O–H groups in total. The third-order valence-electron chi connectivity index (χ3n) is 3.74. The fourth-order valence-electron chi connectivity index (χ4n) is 2.49. The summed E-state index contributed by atoms with van der Waals surface area (Å²) in [5, 5.41) is 18.6. The van der Waals surface area contributed by atoms with Crippen LogP contribution in [-0.2, 0) is 6.54 Å². The smallest absolute Gasteiger partial charge is 0.257 e. The van der Waals surface area contributed by atoms with E-state index in [1.807, 2.05) is 55.6 Å². The SMILES string of the molecule is Cc1ccc(C)c(C(=O)Nc2cc(-c3cccs3)nn2CCO)c1. The Balaban J connectivity index is 1.91. The lowest BCUT2D eigenvalue weighted by Crippen LogP contribution is -2.17. The number of aliphatic hydroxyl groups is 1. The first-order valence-electron chi connectivity index (χ1n) is 7.69. The van der Waals surface area contributed by atoms with Gasteiger partial charge in [0.1, 0.15) is 11.5 Å². The molecule has 124 valence electrons. The fraction of sp³-hybridized carbons (Fsp3) is 0.222. The summed E-state index contributed by atoms with van der Waals surface area (Å²) >= 11 is 1.58. The Kier molecular flexibility index (Phi) is 4.78. The summed E-state index contributed by atoms with van der Waals surface area (Å²) in [6.45, 7) is 4.16. The number of carbonyl (C=O) groups is 1. The minimum Gasteiger partial charge on any atom is -0.394 e. The maximum absolute atomic E-state index is 12.6. The monoisotopic (exact) mass is 341 g/mol. The molecule has 0 saturated heterocycles. The summed E-state index contributed by atoms with van der Waals surface area (Å²) in [6, 6.07) is 11.6. The number of carbonyl (C=O) groups excluding carboxylic acids is 1. The Labute approximate surface area is 144 Å². The molecule has 3 aromatic rings. The van der Waals surface area contributed by atoms with Gasteiger partial charge >= 0.3 is 0 Å². The molecule has 1 aromatic carbocycles. The van der Waals surface area contributed by atoms with Gasteiger partial charge in [-0.25, -0.2) is 4.68 Å². The molecule has 0 unspecified atom stereocenters. The van der Waals surface area contributed by atoms with Crippen LogP contribution in [0, 0.1) is 13.8 Å². The van der Waals surface area contributed by atoms with Gasteiger partial charge in [0, 0.05) is 11.6 Å². The Morgan fingerprint density at radius 3 is 2.83 bits per heavy atom. The molecule has 0 aliphatic heterocycles. The topological polar surface area (TPSA) is 67.2 Å². The molecule has 0 bridgehead atoms. The number of nitrogens with one attached hydrogen (secondary N) is 1. The number of hydrogen-bond acceptors (Lipinski definition) is 4. The van der Waals surface area contributed by atoms with Crippen LogP contribution in [0.1, 0.15) is 21.5 Å². The average molecular weight is 341 g/mol.